The molecule has 3 nitrogen and oxygen atoms in total. The summed E-state index contributed by atoms with van der Waals surface area (Å²) in [4.78, 5) is 17.6. The zero-order valence-corrected chi connectivity index (χ0v) is 12.3. The van der Waals surface area contributed by atoms with Crippen LogP contribution in [0.5, 0.6) is 0 Å². The van der Waals surface area contributed by atoms with Crippen LogP contribution < -0.4 is 5.32 Å². The summed E-state index contributed by atoms with van der Waals surface area (Å²) >= 11 is 1.60. The van der Waals surface area contributed by atoms with Crippen LogP contribution in [0.2, 0.25) is 0 Å². The van der Waals surface area contributed by atoms with Crippen molar-refractivity contribution in [2.75, 3.05) is 5.32 Å². The Kier molecular flexibility index (Phi) is 4.69. The van der Waals surface area contributed by atoms with Gasteiger partial charge in [0.2, 0.25) is 0 Å². The monoisotopic (exact) mass is 254 g/mol. The van der Waals surface area contributed by atoms with Crippen molar-refractivity contribution in [2.45, 2.75) is 53.5 Å². The first-order chi connectivity index (χ1) is 7.82. The van der Waals surface area contributed by atoms with Gasteiger partial charge in [-0.2, -0.15) is 0 Å². The van der Waals surface area contributed by atoms with Crippen molar-refractivity contribution in [2.24, 2.45) is 5.92 Å². The number of anilines is 1. The van der Waals surface area contributed by atoms with Crippen LogP contribution in [0.25, 0.3) is 0 Å². The van der Waals surface area contributed by atoms with E-state index in [1.54, 1.807) is 11.3 Å². The highest BCUT2D eigenvalue weighted by atomic mass is 32.1. The fourth-order valence-corrected chi connectivity index (χ4v) is 2.60. The van der Waals surface area contributed by atoms with E-state index in [1.807, 2.05) is 13.8 Å². The number of thiazole rings is 1. The Morgan fingerprint density at radius 3 is 2.18 bits per heavy atom. The molecule has 1 rings (SSSR count). The van der Waals surface area contributed by atoms with Crippen molar-refractivity contribution < 1.29 is 4.79 Å². The molecule has 0 aromatic carbocycles. The molecule has 0 radical (unpaired) electrons. The zero-order valence-electron chi connectivity index (χ0n) is 11.5. The number of nitrogens with zero attached hydrogens (tertiary/aromatic N) is 1. The lowest BCUT2D eigenvalue weighted by atomic mass is 10.0. The minimum atomic E-state index is 0.00139. The van der Waals surface area contributed by atoms with Crippen molar-refractivity contribution in [1.29, 1.82) is 0 Å². The lowest BCUT2D eigenvalue weighted by molar-refractivity contribution is 0.0934. The van der Waals surface area contributed by atoms with Crippen LogP contribution in [0, 0.1) is 5.92 Å². The molecule has 0 fully saturated rings. The molecule has 96 valence electrons. The van der Waals surface area contributed by atoms with Crippen LogP contribution in [0.4, 0.5) is 5.13 Å². The number of hydrogen-bond donors (Lipinski definition) is 1. The normalized spacial score (nSPS) is 11.6. The molecule has 0 spiro atoms. The molecule has 0 unspecified atom stereocenters. The second-order valence-electron chi connectivity index (χ2n) is 5.20. The van der Waals surface area contributed by atoms with E-state index in [0.717, 1.165) is 10.0 Å². The molecule has 1 aromatic heterocycles. The molecule has 0 saturated heterocycles. The number of carbonyl (C=O) groups is 1. The summed E-state index contributed by atoms with van der Waals surface area (Å²) in [6.07, 6.45) is 0. The molecule has 0 aliphatic heterocycles. The minimum Gasteiger partial charge on any atom is -0.359 e. The van der Waals surface area contributed by atoms with Crippen molar-refractivity contribution in [3.8, 4) is 0 Å². The van der Waals surface area contributed by atoms with E-state index in [0.29, 0.717) is 17.7 Å². The van der Waals surface area contributed by atoms with E-state index in [4.69, 9.17) is 0 Å². The molecular formula is C13H22N2OS. The molecule has 1 aromatic rings. The van der Waals surface area contributed by atoms with Gasteiger partial charge < -0.3 is 5.32 Å². The van der Waals surface area contributed by atoms with Gasteiger partial charge in [0.15, 0.2) is 10.9 Å². The molecule has 0 bridgehead atoms. The Labute approximate surface area is 108 Å². The number of rotatable bonds is 5. The molecule has 0 atom stereocenters. The van der Waals surface area contributed by atoms with Crippen molar-refractivity contribution >= 4 is 22.3 Å². The summed E-state index contributed by atoms with van der Waals surface area (Å²) in [5, 5.41) is 4.12. The van der Waals surface area contributed by atoms with Gasteiger partial charge in [0.05, 0.1) is 0 Å². The van der Waals surface area contributed by atoms with Gasteiger partial charge in [0.1, 0.15) is 5.69 Å². The Hall–Kier alpha value is -0.900. The largest absolute Gasteiger partial charge is 0.359 e. The molecule has 0 saturated carbocycles. The van der Waals surface area contributed by atoms with Crippen molar-refractivity contribution in [1.82, 2.24) is 4.98 Å². The number of hydrogen-bond acceptors (Lipinski definition) is 4. The molecule has 1 heterocycles. The summed E-state index contributed by atoms with van der Waals surface area (Å²) in [6.45, 7) is 12.2. The Bertz CT molecular complexity index is 394. The fourth-order valence-electron chi connectivity index (χ4n) is 1.48. The summed E-state index contributed by atoms with van der Waals surface area (Å²) in [7, 11) is 0. The van der Waals surface area contributed by atoms with Gasteiger partial charge in [-0.05, 0) is 19.8 Å². The predicted molar refractivity (Wildman–Crippen MR) is 74.1 cm³/mol. The van der Waals surface area contributed by atoms with Gasteiger partial charge in [0.25, 0.3) is 0 Å². The average molecular weight is 254 g/mol. The van der Waals surface area contributed by atoms with E-state index in [9.17, 15) is 4.79 Å². The van der Waals surface area contributed by atoms with Gasteiger partial charge in [-0.15, -0.1) is 11.3 Å². The van der Waals surface area contributed by atoms with E-state index in [1.165, 1.54) is 0 Å². The first kappa shape index (κ1) is 14.2. The van der Waals surface area contributed by atoms with Crippen LogP contribution in [-0.4, -0.2) is 16.8 Å². The Morgan fingerprint density at radius 1 is 1.18 bits per heavy atom. The second-order valence-corrected chi connectivity index (χ2v) is 6.24. The van der Waals surface area contributed by atoms with Gasteiger partial charge in [0, 0.05) is 16.8 Å². The summed E-state index contributed by atoms with van der Waals surface area (Å²) in [5.74, 6) is 0.483. The van der Waals surface area contributed by atoms with Crippen LogP contribution in [0.15, 0.2) is 0 Å². The second kappa shape index (κ2) is 5.63. The molecule has 1 N–H and O–H groups in total. The van der Waals surface area contributed by atoms with Crippen LogP contribution >= 0.6 is 11.3 Å². The standard InChI is InChI=1S/C13H22N2OS/c1-7(2)11(16)10-12(8(3)4)17-13(15-10)14-9(5)6/h7-9H,1-6H3,(H,14,15). The smallest absolute Gasteiger partial charge is 0.184 e. The highest BCUT2D eigenvalue weighted by Crippen LogP contribution is 2.31. The van der Waals surface area contributed by atoms with Crippen molar-refractivity contribution in [3.05, 3.63) is 10.6 Å². The first-order valence-corrected chi connectivity index (χ1v) is 6.96. The summed E-state index contributed by atoms with van der Waals surface area (Å²) in [5.41, 5.74) is 0.656. The fraction of sp³-hybridized carbons (Fsp3) is 0.692. The van der Waals surface area contributed by atoms with E-state index in [2.05, 4.69) is 38.0 Å². The van der Waals surface area contributed by atoms with E-state index in [-0.39, 0.29) is 11.7 Å². The maximum atomic E-state index is 12.1. The zero-order chi connectivity index (χ0) is 13.2. The third-order valence-electron chi connectivity index (χ3n) is 2.35. The number of nitrogens with one attached hydrogen (secondary N) is 1. The topological polar surface area (TPSA) is 42.0 Å². The molecule has 17 heavy (non-hydrogen) atoms. The van der Waals surface area contributed by atoms with Gasteiger partial charge >= 0.3 is 0 Å². The Balaban J connectivity index is 3.09. The van der Waals surface area contributed by atoms with Crippen LogP contribution in [0.1, 0.15) is 62.8 Å². The average Bonchev–Trinajstić information content (AvgIpc) is 2.59. The van der Waals surface area contributed by atoms with Gasteiger partial charge in [-0.1, -0.05) is 27.7 Å². The van der Waals surface area contributed by atoms with E-state index < -0.39 is 0 Å². The molecular weight excluding hydrogens is 232 g/mol. The summed E-state index contributed by atoms with van der Waals surface area (Å²) < 4.78 is 0. The van der Waals surface area contributed by atoms with Gasteiger partial charge in [-0.25, -0.2) is 4.98 Å². The maximum Gasteiger partial charge on any atom is 0.184 e. The molecule has 4 heteroatoms. The number of carbonyl (C=O) groups excluding carboxylic acids is 1. The predicted octanol–water partition coefficient (Wildman–Crippen LogP) is 3.93. The lowest BCUT2D eigenvalue weighted by Gasteiger charge is -2.05. The minimum absolute atomic E-state index is 0.00139. The molecule has 0 amide bonds. The Morgan fingerprint density at radius 2 is 1.76 bits per heavy atom. The van der Waals surface area contributed by atoms with Crippen LogP contribution in [-0.2, 0) is 0 Å². The van der Waals surface area contributed by atoms with Crippen LogP contribution in [0.3, 0.4) is 0 Å². The third kappa shape index (κ3) is 3.53. The third-order valence-corrected chi connectivity index (χ3v) is 3.63. The summed E-state index contributed by atoms with van der Waals surface area (Å²) in [6, 6.07) is 0.336. The first-order valence-electron chi connectivity index (χ1n) is 6.14. The SMILES string of the molecule is CC(C)Nc1nc(C(=O)C(C)C)c(C(C)C)s1. The van der Waals surface area contributed by atoms with Gasteiger partial charge in [-0.3, -0.25) is 4.79 Å². The maximum absolute atomic E-state index is 12.1. The highest BCUT2D eigenvalue weighted by Gasteiger charge is 2.22. The highest BCUT2D eigenvalue weighted by molar-refractivity contribution is 7.16. The molecule has 0 aliphatic carbocycles. The number of ketones is 1. The van der Waals surface area contributed by atoms with Crippen molar-refractivity contribution in [3.63, 3.8) is 0 Å². The molecule has 0 aliphatic rings. The number of Topliss-reactive ketones (excluding diaryl/α,β-unsaturated/α-hetero) is 1. The number of aromatic nitrogens is 1. The lowest BCUT2D eigenvalue weighted by Crippen LogP contribution is -2.12. The van der Waals surface area contributed by atoms with E-state index >= 15 is 0 Å². The quantitative estimate of drug-likeness (QED) is 0.810.